The predicted octanol–water partition coefficient (Wildman–Crippen LogP) is -0.240. The fraction of sp³-hybridized carbons (Fsp3) is 0.818. The van der Waals surface area contributed by atoms with Crippen LogP contribution >= 0.6 is 0 Å². The van der Waals surface area contributed by atoms with E-state index in [2.05, 4.69) is 5.32 Å². The number of nitrogens with zero attached hydrogens (tertiary/aromatic N) is 1. The fourth-order valence-corrected chi connectivity index (χ4v) is 2.46. The number of carbonyl (C=O) groups is 2. The summed E-state index contributed by atoms with van der Waals surface area (Å²) in [7, 11) is 0. The summed E-state index contributed by atoms with van der Waals surface area (Å²) < 4.78 is 4.91. The molecule has 2 saturated heterocycles. The third-order valence-corrected chi connectivity index (χ3v) is 3.41. The second-order valence-corrected chi connectivity index (χ2v) is 4.50. The topological polar surface area (TPSA) is 58.6 Å². The minimum absolute atomic E-state index is 0.0169. The van der Waals surface area contributed by atoms with Crippen LogP contribution in [0.2, 0.25) is 0 Å². The number of hydrogen-bond acceptors (Lipinski definition) is 4. The second-order valence-electron chi connectivity index (χ2n) is 4.50. The van der Waals surface area contributed by atoms with Crippen molar-refractivity contribution < 1.29 is 14.3 Å². The molecule has 2 rings (SSSR count). The van der Waals surface area contributed by atoms with Gasteiger partial charge in [-0.2, -0.15) is 0 Å². The number of amides is 2. The molecule has 0 bridgehead atoms. The normalized spacial score (nSPS) is 29.3. The molecular weight excluding hydrogens is 208 g/mol. The summed E-state index contributed by atoms with van der Waals surface area (Å²) >= 11 is 0. The molecule has 2 heterocycles. The summed E-state index contributed by atoms with van der Waals surface area (Å²) in [6, 6.07) is -0.0169. The molecule has 0 aromatic rings. The largest absolute Gasteiger partial charge is 0.362 e. The molecule has 0 aromatic heterocycles. The third kappa shape index (κ3) is 2.25. The lowest BCUT2D eigenvalue weighted by Gasteiger charge is -2.37. The number of hydrogen-bond donors (Lipinski definition) is 1. The van der Waals surface area contributed by atoms with Crippen LogP contribution < -0.4 is 5.32 Å². The van der Waals surface area contributed by atoms with Crippen molar-refractivity contribution in [3.05, 3.63) is 0 Å². The van der Waals surface area contributed by atoms with Crippen LogP contribution in [-0.2, 0) is 14.3 Å². The first-order valence-corrected chi connectivity index (χ1v) is 5.83. The Bertz CT molecular complexity index is 271. The van der Waals surface area contributed by atoms with Gasteiger partial charge in [0.2, 0.25) is 0 Å². The van der Waals surface area contributed by atoms with Crippen molar-refractivity contribution in [3.63, 3.8) is 0 Å². The van der Waals surface area contributed by atoms with Crippen LogP contribution in [0, 0.1) is 5.92 Å². The maximum absolute atomic E-state index is 11.6. The summed E-state index contributed by atoms with van der Waals surface area (Å²) in [5, 5.41) is 3.30. The number of morpholine rings is 1. The van der Waals surface area contributed by atoms with Crippen LogP contribution in [0.1, 0.15) is 19.8 Å². The third-order valence-electron chi connectivity index (χ3n) is 3.41. The number of nitrogens with one attached hydrogen (secondary N) is 1. The van der Waals surface area contributed by atoms with Gasteiger partial charge in [0, 0.05) is 6.04 Å². The summed E-state index contributed by atoms with van der Waals surface area (Å²) in [6.07, 6.45) is 2.19. The van der Waals surface area contributed by atoms with E-state index in [9.17, 15) is 9.59 Å². The van der Waals surface area contributed by atoms with Gasteiger partial charge in [-0.15, -0.1) is 0 Å². The van der Waals surface area contributed by atoms with Crippen molar-refractivity contribution in [3.8, 4) is 0 Å². The highest BCUT2D eigenvalue weighted by Gasteiger charge is 2.35. The maximum Gasteiger partial charge on any atom is 0.255 e. The molecule has 2 amide bonds. The van der Waals surface area contributed by atoms with Crippen LogP contribution in [0.5, 0.6) is 0 Å². The van der Waals surface area contributed by atoms with E-state index >= 15 is 0 Å². The molecule has 5 heteroatoms. The summed E-state index contributed by atoms with van der Waals surface area (Å²) in [5.74, 6) is -0.0246. The maximum atomic E-state index is 11.6. The van der Waals surface area contributed by atoms with Gasteiger partial charge in [-0.05, 0) is 38.8 Å². The van der Waals surface area contributed by atoms with Crippen molar-refractivity contribution in [1.29, 1.82) is 0 Å². The minimum Gasteiger partial charge on any atom is -0.362 e. The Kier molecular flexibility index (Phi) is 3.56. The standard InChI is InChI=1S/C11H18N2O3/c1-8(9-3-2-4-12-5-9)13-10(14)6-16-7-11(13)15/h8-9,12H,2-7H2,1H3. The summed E-state index contributed by atoms with van der Waals surface area (Å²) in [5.41, 5.74) is 0. The molecule has 90 valence electrons. The lowest BCUT2D eigenvalue weighted by molar-refractivity contribution is -0.162. The number of piperidine rings is 1. The van der Waals surface area contributed by atoms with E-state index in [4.69, 9.17) is 4.74 Å². The quantitative estimate of drug-likeness (QED) is 0.660. The van der Waals surface area contributed by atoms with Crippen LogP contribution in [0.25, 0.3) is 0 Å². The van der Waals surface area contributed by atoms with E-state index in [1.807, 2.05) is 6.92 Å². The Hall–Kier alpha value is -0.940. The molecule has 2 unspecified atom stereocenters. The van der Waals surface area contributed by atoms with Crippen molar-refractivity contribution in [1.82, 2.24) is 10.2 Å². The van der Waals surface area contributed by atoms with E-state index in [-0.39, 0.29) is 31.1 Å². The predicted molar refractivity (Wildman–Crippen MR) is 57.7 cm³/mol. The fourth-order valence-electron chi connectivity index (χ4n) is 2.46. The molecule has 0 aliphatic carbocycles. The molecule has 2 fully saturated rings. The SMILES string of the molecule is CC(C1CCCNC1)N1C(=O)COCC1=O. The average molecular weight is 226 g/mol. The molecule has 16 heavy (non-hydrogen) atoms. The summed E-state index contributed by atoms with van der Waals surface area (Å²) in [6.45, 7) is 3.96. The molecule has 5 nitrogen and oxygen atoms in total. The lowest BCUT2D eigenvalue weighted by atomic mass is 9.91. The Labute approximate surface area is 95.1 Å². The van der Waals surface area contributed by atoms with Crippen LogP contribution in [-0.4, -0.2) is 49.1 Å². The van der Waals surface area contributed by atoms with Gasteiger partial charge in [0.1, 0.15) is 13.2 Å². The Balaban J connectivity index is 2.03. The van der Waals surface area contributed by atoms with E-state index in [1.54, 1.807) is 0 Å². The second kappa shape index (κ2) is 4.93. The molecule has 2 atom stereocenters. The van der Waals surface area contributed by atoms with Gasteiger partial charge < -0.3 is 10.1 Å². The molecule has 0 aromatic carbocycles. The molecule has 0 radical (unpaired) electrons. The number of ether oxygens (including phenoxy) is 1. The summed E-state index contributed by atoms with van der Waals surface area (Å²) in [4.78, 5) is 24.7. The molecule has 2 aliphatic heterocycles. The highest BCUT2D eigenvalue weighted by atomic mass is 16.5. The highest BCUT2D eigenvalue weighted by molar-refractivity contribution is 5.98. The van der Waals surface area contributed by atoms with Crippen LogP contribution in [0.3, 0.4) is 0 Å². The van der Waals surface area contributed by atoms with Crippen molar-refractivity contribution in [2.45, 2.75) is 25.8 Å². The van der Waals surface area contributed by atoms with Crippen molar-refractivity contribution in [2.75, 3.05) is 26.3 Å². The Morgan fingerprint density at radius 1 is 1.38 bits per heavy atom. The van der Waals surface area contributed by atoms with E-state index < -0.39 is 0 Å². The zero-order chi connectivity index (χ0) is 11.5. The highest BCUT2D eigenvalue weighted by Crippen LogP contribution is 2.20. The minimum atomic E-state index is -0.200. The Morgan fingerprint density at radius 2 is 2.06 bits per heavy atom. The zero-order valence-electron chi connectivity index (χ0n) is 9.57. The van der Waals surface area contributed by atoms with E-state index in [0.29, 0.717) is 5.92 Å². The zero-order valence-corrected chi connectivity index (χ0v) is 9.57. The number of rotatable bonds is 2. The molecule has 2 aliphatic rings. The first-order valence-electron chi connectivity index (χ1n) is 5.83. The molecular formula is C11H18N2O3. The first-order chi connectivity index (χ1) is 7.70. The smallest absolute Gasteiger partial charge is 0.255 e. The molecule has 1 N–H and O–H groups in total. The van der Waals surface area contributed by atoms with Gasteiger partial charge in [-0.3, -0.25) is 14.5 Å². The molecule has 0 saturated carbocycles. The number of imide groups is 1. The van der Waals surface area contributed by atoms with E-state index in [0.717, 1.165) is 25.9 Å². The van der Waals surface area contributed by atoms with Gasteiger partial charge in [0.15, 0.2) is 0 Å². The Morgan fingerprint density at radius 3 is 2.62 bits per heavy atom. The monoisotopic (exact) mass is 226 g/mol. The first kappa shape index (κ1) is 11.5. The van der Waals surface area contributed by atoms with Crippen LogP contribution in [0.4, 0.5) is 0 Å². The van der Waals surface area contributed by atoms with Gasteiger partial charge in [-0.1, -0.05) is 0 Å². The van der Waals surface area contributed by atoms with Gasteiger partial charge >= 0.3 is 0 Å². The van der Waals surface area contributed by atoms with Gasteiger partial charge in [0.25, 0.3) is 11.8 Å². The molecule has 0 spiro atoms. The average Bonchev–Trinajstić information content (AvgIpc) is 2.30. The van der Waals surface area contributed by atoms with Crippen molar-refractivity contribution >= 4 is 11.8 Å². The number of carbonyl (C=O) groups excluding carboxylic acids is 2. The van der Waals surface area contributed by atoms with Crippen molar-refractivity contribution in [2.24, 2.45) is 5.92 Å². The lowest BCUT2D eigenvalue weighted by Crippen LogP contribution is -2.54. The van der Waals surface area contributed by atoms with E-state index in [1.165, 1.54) is 4.90 Å². The van der Waals surface area contributed by atoms with Gasteiger partial charge in [0.05, 0.1) is 0 Å². The van der Waals surface area contributed by atoms with Crippen LogP contribution in [0.15, 0.2) is 0 Å². The van der Waals surface area contributed by atoms with Gasteiger partial charge in [-0.25, -0.2) is 0 Å².